The average molecular weight is 393 g/mol. The molecule has 0 aliphatic rings. The average Bonchev–Trinajstić information content (AvgIpc) is 2.64. The Morgan fingerprint density at radius 1 is 1.19 bits per heavy atom. The van der Waals surface area contributed by atoms with Gasteiger partial charge in [0.1, 0.15) is 12.3 Å². The molecule has 1 amide bonds. The first-order valence-electron chi connectivity index (χ1n) is 8.46. The van der Waals surface area contributed by atoms with Gasteiger partial charge in [0.05, 0.1) is 12.0 Å². The molecule has 2 aromatic rings. The highest BCUT2D eigenvalue weighted by molar-refractivity contribution is 7.89. The zero-order chi connectivity index (χ0) is 20.0. The number of pyridine rings is 1. The number of sulfonamides is 1. The molecule has 0 radical (unpaired) electrons. The molecule has 1 aromatic heterocycles. The van der Waals surface area contributed by atoms with E-state index in [2.05, 4.69) is 5.32 Å². The smallest absolute Gasteiger partial charge is 0.251 e. The van der Waals surface area contributed by atoms with Gasteiger partial charge in [-0.05, 0) is 18.2 Å². The van der Waals surface area contributed by atoms with Crippen LogP contribution in [0.25, 0.3) is 0 Å². The molecule has 0 unspecified atom stereocenters. The lowest BCUT2D eigenvalue weighted by Gasteiger charge is -2.19. The maximum absolute atomic E-state index is 12.6. The van der Waals surface area contributed by atoms with Gasteiger partial charge < -0.3 is 14.6 Å². The molecule has 27 heavy (non-hydrogen) atoms. The number of aromatic nitrogens is 1. The van der Waals surface area contributed by atoms with Gasteiger partial charge in [-0.25, -0.2) is 8.42 Å². The summed E-state index contributed by atoms with van der Waals surface area (Å²) in [6, 6.07) is 9.19. The van der Waals surface area contributed by atoms with Gasteiger partial charge in [0.2, 0.25) is 15.9 Å². The first-order valence-corrected chi connectivity index (χ1v) is 9.90. The van der Waals surface area contributed by atoms with Crippen LogP contribution in [0.5, 0.6) is 5.75 Å². The second-order valence-corrected chi connectivity index (χ2v) is 7.64. The Kier molecular flexibility index (Phi) is 6.75. The number of ether oxygens (including phenoxy) is 1. The highest BCUT2D eigenvalue weighted by atomic mass is 32.2. The summed E-state index contributed by atoms with van der Waals surface area (Å²) < 4.78 is 32.7. The van der Waals surface area contributed by atoms with Crippen LogP contribution in [0.4, 0.5) is 5.69 Å². The molecule has 1 aromatic carbocycles. The molecular formula is C18H23N3O5S. The summed E-state index contributed by atoms with van der Waals surface area (Å²) >= 11 is 0. The minimum absolute atomic E-state index is 0.0278. The van der Waals surface area contributed by atoms with Crippen molar-refractivity contribution in [3.05, 3.63) is 52.9 Å². The van der Waals surface area contributed by atoms with Crippen molar-refractivity contribution >= 4 is 21.6 Å². The molecule has 0 saturated carbocycles. The number of rotatable bonds is 8. The van der Waals surface area contributed by atoms with E-state index in [1.54, 1.807) is 38.1 Å². The first kappa shape index (κ1) is 20.7. The van der Waals surface area contributed by atoms with Gasteiger partial charge in [0, 0.05) is 37.1 Å². The Bertz CT molecular complexity index is 965. The molecule has 9 heteroatoms. The van der Waals surface area contributed by atoms with Crippen LogP contribution >= 0.6 is 0 Å². The molecule has 8 nitrogen and oxygen atoms in total. The molecule has 1 heterocycles. The molecule has 1 N–H and O–H groups in total. The van der Waals surface area contributed by atoms with E-state index >= 15 is 0 Å². The van der Waals surface area contributed by atoms with Crippen LogP contribution in [0.3, 0.4) is 0 Å². The second kappa shape index (κ2) is 8.83. The van der Waals surface area contributed by atoms with Gasteiger partial charge in [0.25, 0.3) is 5.56 Å². The topological polar surface area (TPSA) is 97.7 Å². The second-order valence-electron chi connectivity index (χ2n) is 5.70. The van der Waals surface area contributed by atoms with Crippen molar-refractivity contribution in [1.29, 1.82) is 0 Å². The molecule has 0 saturated heterocycles. The van der Waals surface area contributed by atoms with Crippen LogP contribution in [0.1, 0.15) is 13.8 Å². The van der Waals surface area contributed by atoms with Gasteiger partial charge in [-0.15, -0.1) is 0 Å². The zero-order valence-corrected chi connectivity index (χ0v) is 16.3. The van der Waals surface area contributed by atoms with Crippen molar-refractivity contribution in [2.45, 2.75) is 25.3 Å². The number of methoxy groups -OCH3 is 1. The first-order chi connectivity index (χ1) is 12.8. The summed E-state index contributed by atoms with van der Waals surface area (Å²) in [6.45, 7) is 3.79. The number of nitrogens with one attached hydrogen (secondary N) is 1. The molecule has 146 valence electrons. The maximum atomic E-state index is 12.6. The number of anilines is 1. The standard InChI is InChI=1S/C18H23N3O5S/c1-4-21(5-2)27(24,25)16-9-10-18(23)20(12-16)13-17(22)19-14-7-6-8-15(11-14)26-3/h6-12H,4-5,13H2,1-3H3,(H,19,22). The van der Waals surface area contributed by atoms with Crippen LogP contribution < -0.4 is 15.6 Å². The highest BCUT2D eigenvalue weighted by Crippen LogP contribution is 2.17. The van der Waals surface area contributed by atoms with Gasteiger partial charge in [-0.2, -0.15) is 4.31 Å². The van der Waals surface area contributed by atoms with Crippen molar-refractivity contribution in [3.8, 4) is 5.75 Å². The Balaban J connectivity index is 2.23. The van der Waals surface area contributed by atoms with Gasteiger partial charge >= 0.3 is 0 Å². The van der Waals surface area contributed by atoms with E-state index in [1.165, 1.54) is 23.7 Å². The summed E-state index contributed by atoms with van der Waals surface area (Å²) in [5.74, 6) is 0.125. The molecular weight excluding hydrogens is 370 g/mol. The third-order valence-electron chi connectivity index (χ3n) is 3.97. The SMILES string of the molecule is CCN(CC)S(=O)(=O)c1ccc(=O)n(CC(=O)Nc2cccc(OC)c2)c1. The number of hydrogen-bond donors (Lipinski definition) is 1. The summed E-state index contributed by atoms with van der Waals surface area (Å²) in [4.78, 5) is 24.3. The van der Waals surface area contributed by atoms with Crippen LogP contribution in [0.15, 0.2) is 52.3 Å². The minimum atomic E-state index is -3.72. The highest BCUT2D eigenvalue weighted by Gasteiger charge is 2.22. The van der Waals surface area contributed by atoms with E-state index in [-0.39, 0.29) is 11.4 Å². The quantitative estimate of drug-likeness (QED) is 0.733. The molecule has 0 aliphatic carbocycles. The van der Waals surface area contributed by atoms with Crippen molar-refractivity contribution < 1.29 is 17.9 Å². The summed E-state index contributed by atoms with van der Waals surface area (Å²) in [5.41, 5.74) is 0.0496. The Hall–Kier alpha value is -2.65. The molecule has 2 rings (SSSR count). The maximum Gasteiger partial charge on any atom is 0.251 e. The fourth-order valence-corrected chi connectivity index (χ4v) is 4.03. The minimum Gasteiger partial charge on any atom is -0.497 e. The number of hydrogen-bond acceptors (Lipinski definition) is 5. The van der Waals surface area contributed by atoms with E-state index in [0.717, 1.165) is 10.6 Å². The Labute approximate surface area is 158 Å². The van der Waals surface area contributed by atoms with E-state index in [0.29, 0.717) is 24.5 Å². The van der Waals surface area contributed by atoms with Gasteiger partial charge in [0.15, 0.2) is 0 Å². The number of carbonyl (C=O) groups excluding carboxylic acids is 1. The zero-order valence-electron chi connectivity index (χ0n) is 15.5. The third kappa shape index (κ3) is 4.95. The fourth-order valence-electron chi connectivity index (χ4n) is 2.55. The molecule has 0 spiro atoms. The number of carbonyl (C=O) groups is 1. The number of benzene rings is 1. The molecule has 0 atom stereocenters. The van der Waals surface area contributed by atoms with E-state index < -0.39 is 21.5 Å². The largest absolute Gasteiger partial charge is 0.497 e. The van der Waals surface area contributed by atoms with E-state index in [1.807, 2.05) is 0 Å². The normalized spacial score (nSPS) is 11.4. The predicted octanol–water partition coefficient (Wildman–Crippen LogP) is 1.53. The van der Waals surface area contributed by atoms with Crippen molar-refractivity contribution in [2.75, 3.05) is 25.5 Å². The Morgan fingerprint density at radius 2 is 1.89 bits per heavy atom. The van der Waals surface area contributed by atoms with Crippen LogP contribution in [-0.4, -0.2) is 43.4 Å². The van der Waals surface area contributed by atoms with Crippen molar-refractivity contribution in [2.24, 2.45) is 0 Å². The lowest BCUT2D eigenvalue weighted by atomic mass is 10.3. The summed E-state index contributed by atoms with van der Waals surface area (Å²) in [5, 5.41) is 2.66. The molecule has 0 aliphatic heterocycles. The van der Waals surface area contributed by atoms with Crippen LogP contribution in [-0.2, 0) is 21.4 Å². The predicted molar refractivity (Wildman–Crippen MR) is 102 cm³/mol. The lowest BCUT2D eigenvalue weighted by molar-refractivity contribution is -0.116. The van der Waals surface area contributed by atoms with Crippen molar-refractivity contribution in [1.82, 2.24) is 8.87 Å². The van der Waals surface area contributed by atoms with E-state index in [9.17, 15) is 18.0 Å². The third-order valence-corrected chi connectivity index (χ3v) is 6.00. The van der Waals surface area contributed by atoms with Gasteiger partial charge in [-0.3, -0.25) is 9.59 Å². The summed E-state index contributed by atoms with van der Waals surface area (Å²) in [7, 11) is -2.20. The monoisotopic (exact) mass is 393 g/mol. The van der Waals surface area contributed by atoms with Crippen LogP contribution in [0, 0.1) is 0 Å². The Morgan fingerprint density at radius 3 is 2.52 bits per heavy atom. The number of nitrogens with zero attached hydrogens (tertiary/aromatic N) is 2. The number of amides is 1. The van der Waals surface area contributed by atoms with E-state index in [4.69, 9.17) is 4.74 Å². The summed E-state index contributed by atoms with van der Waals surface area (Å²) in [6.07, 6.45) is 1.20. The molecule has 0 fully saturated rings. The lowest BCUT2D eigenvalue weighted by Crippen LogP contribution is -2.33. The van der Waals surface area contributed by atoms with Crippen LogP contribution in [0.2, 0.25) is 0 Å². The molecule has 0 bridgehead atoms. The van der Waals surface area contributed by atoms with Gasteiger partial charge in [-0.1, -0.05) is 19.9 Å². The fraction of sp³-hybridized carbons (Fsp3) is 0.333. The van der Waals surface area contributed by atoms with Crippen molar-refractivity contribution in [3.63, 3.8) is 0 Å².